The molecule has 0 heterocycles. The normalized spacial score (nSPS) is 19.6. The zero-order chi connectivity index (χ0) is 14.0. The van der Waals surface area contributed by atoms with Crippen molar-refractivity contribution in [3.63, 3.8) is 0 Å². The number of nitrogens with two attached hydrogens (primary N) is 1. The average Bonchev–Trinajstić information content (AvgIpc) is 3.19. The highest BCUT2D eigenvalue weighted by atomic mass is 35.5. The van der Waals surface area contributed by atoms with Gasteiger partial charge in [0.05, 0.1) is 11.6 Å². The van der Waals surface area contributed by atoms with Gasteiger partial charge in [-0.3, -0.25) is 4.79 Å². The van der Waals surface area contributed by atoms with Crippen LogP contribution in [0.2, 0.25) is 5.02 Å². The molecule has 2 rings (SSSR count). The number of amides is 1. The zero-order valence-corrected chi connectivity index (χ0v) is 12.2. The Hall–Kier alpha value is -1.06. The molecule has 0 spiro atoms. The van der Waals surface area contributed by atoms with Crippen LogP contribution in [0, 0.1) is 5.92 Å². The monoisotopic (exact) mass is 280 g/mol. The summed E-state index contributed by atoms with van der Waals surface area (Å²) < 4.78 is 0. The second-order valence-corrected chi connectivity index (χ2v) is 5.98. The second-order valence-electron chi connectivity index (χ2n) is 5.55. The number of hydrogen-bond donors (Lipinski definition) is 2. The van der Waals surface area contributed by atoms with E-state index in [9.17, 15) is 4.79 Å². The molecule has 3 N–H and O–H groups in total. The molecule has 4 heteroatoms. The smallest absolute Gasteiger partial charge is 0.240 e. The van der Waals surface area contributed by atoms with E-state index >= 15 is 0 Å². The van der Waals surface area contributed by atoms with Crippen molar-refractivity contribution in [2.75, 3.05) is 0 Å². The number of halogens is 1. The fourth-order valence-corrected chi connectivity index (χ4v) is 2.53. The number of hydrogen-bond acceptors (Lipinski definition) is 2. The van der Waals surface area contributed by atoms with Crippen LogP contribution < -0.4 is 11.1 Å². The maximum Gasteiger partial charge on any atom is 0.240 e. The van der Waals surface area contributed by atoms with Gasteiger partial charge < -0.3 is 11.1 Å². The molecule has 2 unspecified atom stereocenters. The van der Waals surface area contributed by atoms with Gasteiger partial charge in [0.1, 0.15) is 0 Å². The van der Waals surface area contributed by atoms with Gasteiger partial charge in [0, 0.05) is 5.02 Å². The highest BCUT2D eigenvalue weighted by Crippen LogP contribution is 2.38. The summed E-state index contributed by atoms with van der Waals surface area (Å²) in [6, 6.07) is 7.56. The summed E-state index contributed by atoms with van der Waals surface area (Å²) in [5.41, 5.74) is 6.40. The van der Waals surface area contributed by atoms with E-state index in [0.717, 1.165) is 24.8 Å². The van der Waals surface area contributed by atoms with E-state index in [1.54, 1.807) is 0 Å². The molecule has 1 aliphatic carbocycles. The Morgan fingerprint density at radius 3 is 2.79 bits per heavy atom. The minimum absolute atomic E-state index is 0.0344. The van der Waals surface area contributed by atoms with E-state index < -0.39 is 5.54 Å². The quantitative estimate of drug-likeness (QED) is 0.871. The molecule has 104 valence electrons. The van der Waals surface area contributed by atoms with Crippen LogP contribution >= 0.6 is 11.6 Å². The molecular weight excluding hydrogens is 260 g/mol. The maximum absolute atomic E-state index is 12.3. The fourth-order valence-electron chi connectivity index (χ4n) is 2.33. The van der Waals surface area contributed by atoms with Crippen LogP contribution in [0.3, 0.4) is 0 Å². The van der Waals surface area contributed by atoms with Crippen LogP contribution in [-0.4, -0.2) is 11.4 Å². The fraction of sp³-hybridized carbons (Fsp3) is 0.533. The first-order valence-electron chi connectivity index (χ1n) is 6.80. The largest absolute Gasteiger partial charge is 0.348 e. The summed E-state index contributed by atoms with van der Waals surface area (Å²) in [4.78, 5) is 12.3. The van der Waals surface area contributed by atoms with Crippen LogP contribution in [0.25, 0.3) is 0 Å². The van der Waals surface area contributed by atoms with Gasteiger partial charge >= 0.3 is 0 Å². The van der Waals surface area contributed by atoms with Gasteiger partial charge in [0.2, 0.25) is 5.91 Å². The molecule has 0 aliphatic heterocycles. The third-order valence-electron chi connectivity index (χ3n) is 3.88. The summed E-state index contributed by atoms with van der Waals surface area (Å²) in [7, 11) is 0. The molecule has 0 bridgehead atoms. The van der Waals surface area contributed by atoms with Gasteiger partial charge in [-0.1, -0.05) is 30.7 Å². The topological polar surface area (TPSA) is 55.1 Å². The number of carbonyl (C=O) groups is 1. The van der Waals surface area contributed by atoms with Gasteiger partial charge in [-0.25, -0.2) is 0 Å². The Labute approximate surface area is 119 Å². The maximum atomic E-state index is 12.3. The summed E-state index contributed by atoms with van der Waals surface area (Å²) in [5, 5.41) is 3.73. The summed E-state index contributed by atoms with van der Waals surface area (Å²) in [5.74, 6) is 0.256. The standard InChI is InChI=1S/C15H21ClN2O/c1-3-13(10-5-4-6-12(16)9-10)18-14(19)15(2,17)11-7-8-11/h4-6,9,11,13H,3,7-8,17H2,1-2H3,(H,18,19). The van der Waals surface area contributed by atoms with E-state index in [1.165, 1.54) is 0 Å². The van der Waals surface area contributed by atoms with Crippen LogP contribution in [-0.2, 0) is 4.79 Å². The van der Waals surface area contributed by atoms with Crippen LogP contribution in [0.4, 0.5) is 0 Å². The zero-order valence-electron chi connectivity index (χ0n) is 11.4. The molecule has 0 radical (unpaired) electrons. The van der Waals surface area contributed by atoms with E-state index in [0.29, 0.717) is 10.9 Å². The predicted molar refractivity (Wildman–Crippen MR) is 77.9 cm³/mol. The SMILES string of the molecule is CCC(NC(=O)C(C)(N)C1CC1)c1cccc(Cl)c1. The lowest BCUT2D eigenvalue weighted by Crippen LogP contribution is -2.54. The molecule has 0 aromatic heterocycles. The van der Waals surface area contributed by atoms with Crippen molar-refractivity contribution < 1.29 is 4.79 Å². The first-order valence-corrected chi connectivity index (χ1v) is 7.18. The lowest BCUT2D eigenvalue weighted by molar-refractivity contribution is -0.127. The van der Waals surface area contributed by atoms with E-state index in [2.05, 4.69) is 5.32 Å². The Bertz CT molecular complexity index is 469. The van der Waals surface area contributed by atoms with E-state index in [1.807, 2.05) is 38.1 Å². The molecule has 19 heavy (non-hydrogen) atoms. The molecule has 1 amide bonds. The Kier molecular flexibility index (Phi) is 4.16. The highest BCUT2D eigenvalue weighted by molar-refractivity contribution is 6.30. The van der Waals surface area contributed by atoms with Crippen molar-refractivity contribution in [1.29, 1.82) is 0 Å². The van der Waals surface area contributed by atoms with Crippen LogP contribution in [0.15, 0.2) is 24.3 Å². The molecular formula is C15H21ClN2O. The van der Waals surface area contributed by atoms with E-state index in [-0.39, 0.29) is 11.9 Å². The van der Waals surface area contributed by atoms with Crippen molar-refractivity contribution in [3.05, 3.63) is 34.9 Å². The predicted octanol–water partition coefficient (Wildman–Crippen LogP) is 3.03. The molecule has 1 aliphatic rings. The summed E-state index contributed by atoms with van der Waals surface area (Å²) in [6.07, 6.45) is 2.91. The van der Waals surface area contributed by atoms with Crippen molar-refractivity contribution >= 4 is 17.5 Å². The third-order valence-corrected chi connectivity index (χ3v) is 4.11. The van der Waals surface area contributed by atoms with Crippen molar-refractivity contribution in [3.8, 4) is 0 Å². The van der Waals surface area contributed by atoms with Gasteiger partial charge in [-0.05, 0) is 49.8 Å². The molecule has 0 saturated heterocycles. The van der Waals surface area contributed by atoms with Gasteiger partial charge in [-0.2, -0.15) is 0 Å². The second kappa shape index (κ2) is 5.51. The minimum Gasteiger partial charge on any atom is -0.348 e. The molecule has 1 aromatic carbocycles. The van der Waals surface area contributed by atoms with Gasteiger partial charge in [-0.15, -0.1) is 0 Å². The van der Waals surface area contributed by atoms with Crippen LogP contribution in [0.5, 0.6) is 0 Å². The average molecular weight is 281 g/mol. The molecule has 1 aromatic rings. The highest BCUT2D eigenvalue weighted by Gasteiger charge is 2.44. The molecule has 2 atom stereocenters. The first kappa shape index (κ1) is 14.4. The molecule has 3 nitrogen and oxygen atoms in total. The molecule has 1 fully saturated rings. The summed E-state index contributed by atoms with van der Waals surface area (Å²) >= 11 is 6.00. The summed E-state index contributed by atoms with van der Waals surface area (Å²) in [6.45, 7) is 3.86. The lowest BCUT2D eigenvalue weighted by Gasteiger charge is -2.27. The Morgan fingerprint density at radius 1 is 1.58 bits per heavy atom. The Balaban J connectivity index is 2.09. The molecule has 1 saturated carbocycles. The van der Waals surface area contributed by atoms with Gasteiger partial charge in [0.15, 0.2) is 0 Å². The number of carbonyl (C=O) groups excluding carboxylic acids is 1. The first-order chi connectivity index (χ1) is 8.95. The number of benzene rings is 1. The van der Waals surface area contributed by atoms with E-state index in [4.69, 9.17) is 17.3 Å². The van der Waals surface area contributed by atoms with Crippen molar-refractivity contribution in [2.24, 2.45) is 11.7 Å². The van der Waals surface area contributed by atoms with Crippen molar-refractivity contribution in [2.45, 2.75) is 44.7 Å². The third kappa shape index (κ3) is 3.28. The number of nitrogens with one attached hydrogen (secondary N) is 1. The number of rotatable bonds is 5. The lowest BCUT2D eigenvalue weighted by atomic mass is 9.94. The van der Waals surface area contributed by atoms with Gasteiger partial charge in [0.25, 0.3) is 0 Å². The minimum atomic E-state index is -0.758. The van der Waals surface area contributed by atoms with Crippen LogP contribution in [0.1, 0.15) is 44.7 Å². The van der Waals surface area contributed by atoms with Crippen molar-refractivity contribution in [1.82, 2.24) is 5.32 Å². The Morgan fingerprint density at radius 2 is 2.26 bits per heavy atom.